The highest BCUT2D eigenvalue weighted by molar-refractivity contribution is 6.12. The molecule has 0 atom stereocenters. The van der Waals surface area contributed by atoms with Gasteiger partial charge in [-0.2, -0.15) is 0 Å². The molecule has 0 radical (unpaired) electrons. The van der Waals surface area contributed by atoms with Crippen molar-refractivity contribution in [1.29, 1.82) is 0 Å². The van der Waals surface area contributed by atoms with Crippen molar-refractivity contribution in [2.24, 2.45) is 0 Å². The number of hydrogen-bond donors (Lipinski definition) is 2. The summed E-state index contributed by atoms with van der Waals surface area (Å²) in [5, 5.41) is 19.1. The topological polar surface area (TPSA) is 74.6 Å². The van der Waals surface area contributed by atoms with Crippen LogP contribution in [0.15, 0.2) is 36.9 Å². The van der Waals surface area contributed by atoms with Gasteiger partial charge < -0.3 is 10.2 Å². The van der Waals surface area contributed by atoms with Gasteiger partial charge >= 0.3 is 11.9 Å². The lowest BCUT2D eigenvalue weighted by Crippen LogP contribution is -2.03. The van der Waals surface area contributed by atoms with Gasteiger partial charge in [0.25, 0.3) is 0 Å². The molecule has 0 aliphatic rings. The molecule has 2 aromatic carbocycles. The second kappa shape index (κ2) is 4.33. The Morgan fingerprint density at radius 2 is 1.72 bits per heavy atom. The highest BCUT2D eigenvalue weighted by atomic mass is 16.4. The summed E-state index contributed by atoms with van der Waals surface area (Å²) in [6.07, 6.45) is 1.44. The van der Waals surface area contributed by atoms with Crippen molar-refractivity contribution in [1.82, 2.24) is 0 Å². The monoisotopic (exact) mass is 242 g/mol. The molecule has 0 aliphatic carbocycles. The summed E-state index contributed by atoms with van der Waals surface area (Å²) >= 11 is 0. The van der Waals surface area contributed by atoms with Crippen LogP contribution in [0.5, 0.6) is 0 Å². The molecule has 4 heteroatoms. The molecule has 90 valence electrons. The van der Waals surface area contributed by atoms with E-state index in [2.05, 4.69) is 6.58 Å². The predicted octanol–water partition coefficient (Wildman–Crippen LogP) is 2.88. The lowest BCUT2D eigenvalue weighted by molar-refractivity contribution is 0.0686. The van der Waals surface area contributed by atoms with E-state index in [1.807, 2.05) is 0 Å². The van der Waals surface area contributed by atoms with Crippen molar-refractivity contribution in [3.8, 4) is 0 Å². The van der Waals surface area contributed by atoms with Gasteiger partial charge in [-0.1, -0.05) is 36.9 Å². The maximum Gasteiger partial charge on any atom is 0.336 e. The number of benzene rings is 2. The molecule has 0 heterocycles. The molecule has 0 aliphatic heterocycles. The summed E-state index contributed by atoms with van der Waals surface area (Å²) < 4.78 is 0. The van der Waals surface area contributed by atoms with Crippen LogP contribution in [0.4, 0.5) is 0 Å². The number of carboxylic acid groups (broad SMARTS) is 2. The number of hydrogen-bond acceptors (Lipinski definition) is 2. The summed E-state index contributed by atoms with van der Waals surface area (Å²) in [5.41, 5.74) is 0.633. The van der Waals surface area contributed by atoms with Crippen LogP contribution in [-0.4, -0.2) is 22.2 Å². The SMILES string of the molecule is C=Cc1ccc2c(C(=O)O)cccc2c1C(=O)O. The number of carbonyl (C=O) groups is 2. The Kier molecular flexibility index (Phi) is 2.85. The van der Waals surface area contributed by atoms with Gasteiger partial charge in [0, 0.05) is 0 Å². The summed E-state index contributed by atoms with van der Waals surface area (Å²) in [6.45, 7) is 3.56. The molecule has 2 aromatic rings. The Morgan fingerprint density at radius 3 is 2.28 bits per heavy atom. The zero-order valence-electron chi connectivity index (χ0n) is 9.38. The lowest BCUT2D eigenvalue weighted by atomic mass is 9.96. The van der Waals surface area contributed by atoms with Crippen molar-refractivity contribution >= 4 is 28.8 Å². The maximum atomic E-state index is 11.3. The second-order valence-corrected chi connectivity index (χ2v) is 3.74. The Hall–Kier alpha value is -2.62. The summed E-state index contributed by atoms with van der Waals surface area (Å²) in [4.78, 5) is 22.4. The standard InChI is InChI=1S/C14H10O4/c1-2-8-6-7-9-10(12(8)14(17)18)4-3-5-11(9)13(15)16/h2-7H,1H2,(H,15,16)(H,17,18). The summed E-state index contributed by atoms with van der Waals surface area (Å²) in [5.74, 6) is -2.18. The van der Waals surface area contributed by atoms with Crippen LogP contribution in [-0.2, 0) is 0 Å². The average Bonchev–Trinajstić information content (AvgIpc) is 2.35. The van der Waals surface area contributed by atoms with Gasteiger partial charge in [0.1, 0.15) is 0 Å². The minimum absolute atomic E-state index is 0.0746. The van der Waals surface area contributed by atoms with Gasteiger partial charge in [-0.3, -0.25) is 0 Å². The molecule has 2 rings (SSSR count). The van der Waals surface area contributed by atoms with Gasteiger partial charge in [0.2, 0.25) is 0 Å². The Balaban J connectivity index is 2.95. The lowest BCUT2D eigenvalue weighted by Gasteiger charge is -2.08. The molecular weight excluding hydrogens is 232 g/mol. The third-order valence-electron chi connectivity index (χ3n) is 2.76. The van der Waals surface area contributed by atoms with Gasteiger partial charge in [-0.25, -0.2) is 9.59 Å². The smallest absolute Gasteiger partial charge is 0.336 e. The van der Waals surface area contributed by atoms with Crippen LogP contribution >= 0.6 is 0 Å². The first-order valence-electron chi connectivity index (χ1n) is 5.21. The van der Waals surface area contributed by atoms with E-state index in [0.717, 1.165) is 0 Å². The molecule has 0 fully saturated rings. The van der Waals surface area contributed by atoms with Crippen LogP contribution in [0.1, 0.15) is 26.3 Å². The molecule has 0 saturated carbocycles. The molecule has 0 spiro atoms. The van der Waals surface area contributed by atoms with Crippen LogP contribution in [0.25, 0.3) is 16.8 Å². The van der Waals surface area contributed by atoms with Gasteiger partial charge in [-0.15, -0.1) is 0 Å². The van der Waals surface area contributed by atoms with Crippen molar-refractivity contribution in [3.63, 3.8) is 0 Å². The zero-order valence-corrected chi connectivity index (χ0v) is 9.38. The largest absolute Gasteiger partial charge is 0.478 e. The zero-order chi connectivity index (χ0) is 13.3. The second-order valence-electron chi connectivity index (χ2n) is 3.74. The van der Waals surface area contributed by atoms with E-state index < -0.39 is 11.9 Å². The minimum Gasteiger partial charge on any atom is -0.478 e. The van der Waals surface area contributed by atoms with Gasteiger partial charge in [0.15, 0.2) is 0 Å². The van der Waals surface area contributed by atoms with E-state index in [9.17, 15) is 14.7 Å². The third kappa shape index (κ3) is 1.73. The van der Waals surface area contributed by atoms with E-state index in [-0.39, 0.29) is 11.1 Å². The normalized spacial score (nSPS) is 10.2. The fraction of sp³-hybridized carbons (Fsp3) is 0. The Labute approximate surface area is 103 Å². The van der Waals surface area contributed by atoms with Crippen molar-refractivity contribution < 1.29 is 19.8 Å². The molecule has 0 bridgehead atoms. The molecule has 4 nitrogen and oxygen atoms in total. The van der Waals surface area contributed by atoms with Crippen molar-refractivity contribution in [2.45, 2.75) is 0 Å². The quantitative estimate of drug-likeness (QED) is 0.867. The fourth-order valence-electron chi connectivity index (χ4n) is 1.97. The highest BCUT2D eigenvalue weighted by Gasteiger charge is 2.16. The van der Waals surface area contributed by atoms with E-state index in [0.29, 0.717) is 16.3 Å². The first-order valence-corrected chi connectivity index (χ1v) is 5.21. The van der Waals surface area contributed by atoms with Crippen LogP contribution in [0, 0.1) is 0 Å². The molecular formula is C14H10O4. The average molecular weight is 242 g/mol. The molecule has 0 unspecified atom stereocenters. The van der Waals surface area contributed by atoms with Crippen molar-refractivity contribution in [2.75, 3.05) is 0 Å². The molecule has 0 saturated heterocycles. The maximum absolute atomic E-state index is 11.3. The number of aromatic carboxylic acids is 2. The van der Waals surface area contributed by atoms with E-state index in [4.69, 9.17) is 5.11 Å². The van der Waals surface area contributed by atoms with E-state index in [1.54, 1.807) is 18.2 Å². The van der Waals surface area contributed by atoms with E-state index in [1.165, 1.54) is 18.2 Å². The fourth-order valence-corrected chi connectivity index (χ4v) is 1.97. The molecule has 2 N–H and O–H groups in total. The van der Waals surface area contributed by atoms with E-state index >= 15 is 0 Å². The number of carboxylic acids is 2. The molecule has 0 aromatic heterocycles. The molecule has 0 amide bonds. The first kappa shape index (κ1) is 11.9. The molecule has 18 heavy (non-hydrogen) atoms. The van der Waals surface area contributed by atoms with Crippen LogP contribution in [0.3, 0.4) is 0 Å². The summed E-state index contributed by atoms with van der Waals surface area (Å²) in [7, 11) is 0. The Morgan fingerprint density at radius 1 is 1.00 bits per heavy atom. The Bertz CT molecular complexity index is 671. The number of rotatable bonds is 3. The summed E-state index contributed by atoms with van der Waals surface area (Å²) in [6, 6.07) is 7.74. The predicted molar refractivity (Wildman–Crippen MR) is 68.0 cm³/mol. The minimum atomic E-state index is -1.10. The third-order valence-corrected chi connectivity index (χ3v) is 2.76. The number of fused-ring (bicyclic) bond motifs is 1. The van der Waals surface area contributed by atoms with Gasteiger partial charge in [0.05, 0.1) is 11.1 Å². The highest BCUT2D eigenvalue weighted by Crippen LogP contribution is 2.26. The van der Waals surface area contributed by atoms with Crippen molar-refractivity contribution in [3.05, 3.63) is 53.6 Å². The van der Waals surface area contributed by atoms with Crippen LogP contribution < -0.4 is 0 Å². The van der Waals surface area contributed by atoms with Gasteiger partial charge in [-0.05, 0) is 22.4 Å². The first-order chi connectivity index (χ1) is 8.56. The van der Waals surface area contributed by atoms with Crippen LogP contribution in [0.2, 0.25) is 0 Å².